The van der Waals surface area contributed by atoms with Gasteiger partial charge in [-0.2, -0.15) is 0 Å². The molecule has 18 heavy (non-hydrogen) atoms. The molecule has 1 aromatic rings. The van der Waals surface area contributed by atoms with Crippen LogP contribution in [-0.2, 0) is 9.53 Å². The maximum Gasteiger partial charge on any atom is 0.323 e. The van der Waals surface area contributed by atoms with Gasteiger partial charge in [-0.05, 0) is 31.9 Å². The maximum absolute atomic E-state index is 11.7. The van der Waals surface area contributed by atoms with Crippen LogP contribution in [0.5, 0.6) is 0 Å². The van der Waals surface area contributed by atoms with Crippen molar-refractivity contribution in [2.24, 2.45) is 0 Å². The molecule has 3 nitrogen and oxygen atoms in total. The van der Waals surface area contributed by atoms with Crippen molar-refractivity contribution in [2.45, 2.75) is 39.3 Å². The molecule has 0 amide bonds. The summed E-state index contributed by atoms with van der Waals surface area (Å²) in [6.07, 6.45) is 0.716. The van der Waals surface area contributed by atoms with Crippen LogP contribution in [0.3, 0.4) is 0 Å². The number of rotatable bonds is 6. The molecule has 0 radical (unpaired) electrons. The Labute approximate surface area is 117 Å². The third kappa shape index (κ3) is 4.10. The van der Waals surface area contributed by atoms with E-state index in [0.29, 0.717) is 13.0 Å². The molecule has 100 valence electrons. The van der Waals surface area contributed by atoms with Gasteiger partial charge in [0.1, 0.15) is 6.04 Å². The zero-order chi connectivity index (χ0) is 13.5. The van der Waals surface area contributed by atoms with E-state index in [-0.39, 0.29) is 18.1 Å². The number of ether oxygens (including phenoxy) is 1. The highest BCUT2D eigenvalue weighted by atomic mass is 79.9. The Morgan fingerprint density at radius 1 is 1.39 bits per heavy atom. The Balaban J connectivity index is 2.70. The molecule has 1 rings (SSSR count). The minimum atomic E-state index is -0.257. The van der Waals surface area contributed by atoms with Crippen LogP contribution < -0.4 is 5.32 Å². The van der Waals surface area contributed by atoms with Crippen LogP contribution in [0.4, 0.5) is 0 Å². The van der Waals surface area contributed by atoms with Crippen molar-refractivity contribution in [3.8, 4) is 0 Å². The van der Waals surface area contributed by atoms with Gasteiger partial charge in [-0.1, -0.05) is 41.1 Å². The fourth-order valence-corrected chi connectivity index (χ4v) is 2.44. The largest absolute Gasteiger partial charge is 0.465 e. The van der Waals surface area contributed by atoms with E-state index in [1.165, 1.54) is 0 Å². The van der Waals surface area contributed by atoms with E-state index in [2.05, 4.69) is 21.2 Å². The number of nitrogens with one attached hydrogen (secondary N) is 1. The third-order valence-corrected chi connectivity index (χ3v) is 3.52. The van der Waals surface area contributed by atoms with Crippen LogP contribution in [0.2, 0.25) is 0 Å². The number of benzene rings is 1. The molecule has 0 aliphatic rings. The predicted octanol–water partition coefficient (Wildman–Crippen LogP) is 3.44. The zero-order valence-corrected chi connectivity index (χ0v) is 12.7. The topological polar surface area (TPSA) is 38.3 Å². The number of hydrogen-bond acceptors (Lipinski definition) is 3. The van der Waals surface area contributed by atoms with Gasteiger partial charge in [0.2, 0.25) is 0 Å². The monoisotopic (exact) mass is 313 g/mol. The molecule has 0 fully saturated rings. The standard InChI is InChI=1S/C14H20BrNO2/c1-4-13(14(17)18-5-2)16-10(3)11-8-6-7-9-12(11)15/h6-10,13,16H,4-5H2,1-3H3/t10-,13?/m0/s1. The number of carbonyl (C=O) groups is 1. The number of carbonyl (C=O) groups excluding carboxylic acids is 1. The quantitative estimate of drug-likeness (QED) is 0.818. The Morgan fingerprint density at radius 3 is 2.61 bits per heavy atom. The normalized spacial score (nSPS) is 14.0. The molecule has 4 heteroatoms. The van der Waals surface area contributed by atoms with Crippen LogP contribution in [0, 0.1) is 0 Å². The summed E-state index contributed by atoms with van der Waals surface area (Å²) in [5, 5.41) is 3.30. The highest BCUT2D eigenvalue weighted by Gasteiger charge is 2.20. The van der Waals surface area contributed by atoms with Crippen molar-refractivity contribution >= 4 is 21.9 Å². The van der Waals surface area contributed by atoms with Crippen LogP contribution in [0.1, 0.15) is 38.8 Å². The summed E-state index contributed by atoms with van der Waals surface area (Å²) >= 11 is 3.52. The van der Waals surface area contributed by atoms with E-state index in [4.69, 9.17) is 4.74 Å². The van der Waals surface area contributed by atoms with Gasteiger partial charge < -0.3 is 4.74 Å². The van der Waals surface area contributed by atoms with Gasteiger partial charge >= 0.3 is 5.97 Å². The second-order valence-electron chi connectivity index (χ2n) is 4.12. The fraction of sp³-hybridized carbons (Fsp3) is 0.500. The van der Waals surface area contributed by atoms with Crippen molar-refractivity contribution < 1.29 is 9.53 Å². The smallest absolute Gasteiger partial charge is 0.323 e. The molecule has 1 unspecified atom stereocenters. The molecule has 0 heterocycles. The lowest BCUT2D eigenvalue weighted by atomic mass is 10.1. The van der Waals surface area contributed by atoms with Crippen molar-refractivity contribution in [2.75, 3.05) is 6.61 Å². The minimum Gasteiger partial charge on any atom is -0.465 e. The molecule has 1 aromatic carbocycles. The molecule has 0 saturated heterocycles. The van der Waals surface area contributed by atoms with Crippen LogP contribution in [-0.4, -0.2) is 18.6 Å². The molecule has 0 saturated carbocycles. The summed E-state index contributed by atoms with van der Waals surface area (Å²) in [6, 6.07) is 7.84. The Morgan fingerprint density at radius 2 is 2.06 bits per heavy atom. The lowest BCUT2D eigenvalue weighted by Crippen LogP contribution is -2.39. The zero-order valence-electron chi connectivity index (χ0n) is 11.1. The number of esters is 1. The lowest BCUT2D eigenvalue weighted by molar-refractivity contribution is -0.146. The molecule has 0 bridgehead atoms. The second kappa shape index (κ2) is 7.54. The highest BCUT2D eigenvalue weighted by Crippen LogP contribution is 2.23. The summed E-state index contributed by atoms with van der Waals surface area (Å²) in [7, 11) is 0. The lowest BCUT2D eigenvalue weighted by Gasteiger charge is -2.22. The molecule has 1 N–H and O–H groups in total. The summed E-state index contributed by atoms with van der Waals surface area (Å²) in [5.41, 5.74) is 1.14. The number of hydrogen-bond donors (Lipinski definition) is 1. The van der Waals surface area contributed by atoms with Crippen LogP contribution in [0.15, 0.2) is 28.7 Å². The van der Waals surface area contributed by atoms with E-state index in [1.54, 1.807) is 0 Å². The van der Waals surface area contributed by atoms with Crippen molar-refractivity contribution in [1.82, 2.24) is 5.32 Å². The van der Waals surface area contributed by atoms with Gasteiger partial charge in [0.05, 0.1) is 6.61 Å². The van der Waals surface area contributed by atoms with Crippen molar-refractivity contribution in [1.29, 1.82) is 0 Å². The molecular formula is C14H20BrNO2. The molecule has 2 atom stereocenters. The van der Waals surface area contributed by atoms with Gasteiger partial charge in [0.15, 0.2) is 0 Å². The average Bonchev–Trinajstić information content (AvgIpc) is 2.36. The third-order valence-electron chi connectivity index (χ3n) is 2.80. The minimum absolute atomic E-state index is 0.0925. The highest BCUT2D eigenvalue weighted by molar-refractivity contribution is 9.10. The van der Waals surface area contributed by atoms with Gasteiger partial charge in [0.25, 0.3) is 0 Å². The SMILES string of the molecule is CCOC(=O)C(CC)N[C@@H](C)c1ccccc1Br. The predicted molar refractivity (Wildman–Crippen MR) is 76.4 cm³/mol. The summed E-state index contributed by atoms with van der Waals surface area (Å²) < 4.78 is 6.09. The van der Waals surface area contributed by atoms with E-state index in [1.807, 2.05) is 45.0 Å². The fourth-order valence-electron chi connectivity index (χ4n) is 1.81. The maximum atomic E-state index is 11.7. The first-order valence-electron chi connectivity index (χ1n) is 6.27. The summed E-state index contributed by atoms with van der Waals surface area (Å²) in [4.78, 5) is 11.7. The van der Waals surface area contributed by atoms with E-state index < -0.39 is 0 Å². The summed E-state index contributed by atoms with van der Waals surface area (Å²) in [5.74, 6) is -0.182. The van der Waals surface area contributed by atoms with Crippen molar-refractivity contribution in [3.63, 3.8) is 0 Å². The van der Waals surface area contributed by atoms with Crippen molar-refractivity contribution in [3.05, 3.63) is 34.3 Å². The van der Waals surface area contributed by atoms with Crippen LogP contribution >= 0.6 is 15.9 Å². The molecule has 0 aliphatic heterocycles. The van der Waals surface area contributed by atoms with Gasteiger partial charge in [-0.3, -0.25) is 10.1 Å². The second-order valence-corrected chi connectivity index (χ2v) is 4.98. The Hall–Kier alpha value is -0.870. The Kier molecular flexibility index (Phi) is 6.36. The first kappa shape index (κ1) is 15.2. The Bertz CT molecular complexity index is 395. The first-order valence-corrected chi connectivity index (χ1v) is 7.06. The van der Waals surface area contributed by atoms with E-state index in [9.17, 15) is 4.79 Å². The van der Waals surface area contributed by atoms with Gasteiger partial charge in [-0.25, -0.2) is 0 Å². The number of halogens is 1. The molecular weight excluding hydrogens is 294 g/mol. The van der Waals surface area contributed by atoms with E-state index >= 15 is 0 Å². The summed E-state index contributed by atoms with van der Waals surface area (Å²) in [6.45, 7) is 6.26. The van der Waals surface area contributed by atoms with Crippen LogP contribution in [0.25, 0.3) is 0 Å². The first-order chi connectivity index (χ1) is 8.60. The average molecular weight is 314 g/mol. The molecule has 0 spiro atoms. The van der Waals surface area contributed by atoms with Gasteiger partial charge in [0, 0.05) is 10.5 Å². The molecule has 0 aromatic heterocycles. The van der Waals surface area contributed by atoms with E-state index in [0.717, 1.165) is 10.0 Å². The molecule has 0 aliphatic carbocycles. The van der Waals surface area contributed by atoms with Gasteiger partial charge in [-0.15, -0.1) is 0 Å².